The standard InChI is InChI=1S/C16H20N2O/c1-3-19-15-8-5-13(6-9-15)16(17)10-14-7-4-12(2)11-18-14/h4-9,11,16H,3,10,17H2,1-2H3. The van der Waals surface area contributed by atoms with Gasteiger partial charge in [-0.1, -0.05) is 18.2 Å². The van der Waals surface area contributed by atoms with E-state index >= 15 is 0 Å². The van der Waals surface area contributed by atoms with Gasteiger partial charge in [0, 0.05) is 24.4 Å². The monoisotopic (exact) mass is 256 g/mol. The molecule has 2 N–H and O–H groups in total. The molecule has 100 valence electrons. The van der Waals surface area contributed by atoms with E-state index in [1.807, 2.05) is 50.4 Å². The molecule has 1 aromatic heterocycles. The summed E-state index contributed by atoms with van der Waals surface area (Å²) in [6, 6.07) is 12.0. The van der Waals surface area contributed by atoms with Crippen LogP contribution in [0, 0.1) is 6.92 Å². The van der Waals surface area contributed by atoms with Crippen molar-refractivity contribution in [3.05, 3.63) is 59.4 Å². The zero-order valence-electron chi connectivity index (χ0n) is 11.5. The number of pyridine rings is 1. The summed E-state index contributed by atoms with van der Waals surface area (Å²) in [7, 11) is 0. The van der Waals surface area contributed by atoms with Crippen LogP contribution in [0.1, 0.15) is 29.8 Å². The first kappa shape index (κ1) is 13.6. The Hall–Kier alpha value is -1.87. The third kappa shape index (κ3) is 3.80. The topological polar surface area (TPSA) is 48.1 Å². The van der Waals surface area contributed by atoms with Crippen LogP contribution in [0.4, 0.5) is 0 Å². The van der Waals surface area contributed by atoms with Crippen LogP contribution in [0.5, 0.6) is 5.75 Å². The first-order chi connectivity index (χ1) is 9.19. The van der Waals surface area contributed by atoms with Crippen LogP contribution in [-0.2, 0) is 6.42 Å². The van der Waals surface area contributed by atoms with Gasteiger partial charge < -0.3 is 10.5 Å². The largest absolute Gasteiger partial charge is 0.494 e. The number of hydrogen-bond acceptors (Lipinski definition) is 3. The molecule has 0 amide bonds. The number of aryl methyl sites for hydroxylation is 1. The molecule has 1 atom stereocenters. The van der Waals surface area contributed by atoms with Gasteiger partial charge in [-0.2, -0.15) is 0 Å². The molecule has 0 aliphatic rings. The Morgan fingerprint density at radius 1 is 1.16 bits per heavy atom. The zero-order valence-corrected chi connectivity index (χ0v) is 11.5. The number of rotatable bonds is 5. The molecule has 1 aromatic carbocycles. The minimum Gasteiger partial charge on any atom is -0.494 e. The normalized spacial score (nSPS) is 12.2. The molecule has 3 nitrogen and oxygen atoms in total. The van der Waals surface area contributed by atoms with Crippen LogP contribution in [0.25, 0.3) is 0 Å². The summed E-state index contributed by atoms with van der Waals surface area (Å²) in [5.74, 6) is 0.881. The van der Waals surface area contributed by atoms with Crippen LogP contribution in [0.3, 0.4) is 0 Å². The second kappa shape index (κ2) is 6.34. The summed E-state index contributed by atoms with van der Waals surface area (Å²) in [5, 5.41) is 0. The molecule has 0 radical (unpaired) electrons. The second-order valence-corrected chi connectivity index (χ2v) is 4.64. The molecule has 2 rings (SSSR count). The molecule has 3 heteroatoms. The van der Waals surface area contributed by atoms with Gasteiger partial charge in [-0.05, 0) is 43.2 Å². The minimum atomic E-state index is -0.0362. The van der Waals surface area contributed by atoms with E-state index in [9.17, 15) is 0 Å². The van der Waals surface area contributed by atoms with Crippen molar-refractivity contribution >= 4 is 0 Å². The van der Waals surface area contributed by atoms with Gasteiger partial charge in [0.2, 0.25) is 0 Å². The summed E-state index contributed by atoms with van der Waals surface area (Å²) in [6.45, 7) is 4.69. The lowest BCUT2D eigenvalue weighted by molar-refractivity contribution is 0.340. The highest BCUT2D eigenvalue weighted by Gasteiger charge is 2.08. The summed E-state index contributed by atoms with van der Waals surface area (Å²) in [5.41, 5.74) is 9.50. The highest BCUT2D eigenvalue weighted by molar-refractivity contribution is 5.29. The van der Waals surface area contributed by atoms with E-state index < -0.39 is 0 Å². The average molecular weight is 256 g/mol. The summed E-state index contributed by atoms with van der Waals surface area (Å²) in [6.07, 6.45) is 2.62. The predicted molar refractivity (Wildman–Crippen MR) is 77.2 cm³/mol. The van der Waals surface area contributed by atoms with E-state index in [-0.39, 0.29) is 6.04 Å². The second-order valence-electron chi connectivity index (χ2n) is 4.64. The van der Waals surface area contributed by atoms with Crippen molar-refractivity contribution in [3.8, 4) is 5.75 Å². The number of ether oxygens (including phenoxy) is 1. The fourth-order valence-electron chi connectivity index (χ4n) is 1.94. The molecule has 1 heterocycles. The predicted octanol–water partition coefficient (Wildman–Crippen LogP) is 3.03. The molecule has 0 aliphatic heterocycles. The van der Waals surface area contributed by atoms with Gasteiger partial charge in [0.05, 0.1) is 6.61 Å². The summed E-state index contributed by atoms with van der Waals surface area (Å²) < 4.78 is 5.42. The van der Waals surface area contributed by atoms with Gasteiger partial charge in [-0.15, -0.1) is 0 Å². The van der Waals surface area contributed by atoms with Crippen molar-refractivity contribution in [2.45, 2.75) is 26.3 Å². The van der Waals surface area contributed by atoms with E-state index in [4.69, 9.17) is 10.5 Å². The minimum absolute atomic E-state index is 0.0362. The first-order valence-electron chi connectivity index (χ1n) is 6.59. The Morgan fingerprint density at radius 2 is 1.89 bits per heavy atom. The summed E-state index contributed by atoms with van der Waals surface area (Å²) >= 11 is 0. The van der Waals surface area contributed by atoms with E-state index in [1.54, 1.807) is 0 Å². The molecular formula is C16H20N2O. The molecule has 19 heavy (non-hydrogen) atoms. The lowest BCUT2D eigenvalue weighted by Gasteiger charge is -2.12. The molecule has 0 spiro atoms. The quantitative estimate of drug-likeness (QED) is 0.894. The highest BCUT2D eigenvalue weighted by Crippen LogP contribution is 2.19. The highest BCUT2D eigenvalue weighted by atomic mass is 16.5. The maximum atomic E-state index is 6.21. The first-order valence-corrected chi connectivity index (χ1v) is 6.59. The molecular weight excluding hydrogens is 236 g/mol. The van der Waals surface area contributed by atoms with Gasteiger partial charge in [-0.25, -0.2) is 0 Å². The summed E-state index contributed by atoms with van der Waals surface area (Å²) in [4.78, 5) is 4.39. The van der Waals surface area contributed by atoms with Crippen molar-refractivity contribution < 1.29 is 4.74 Å². The van der Waals surface area contributed by atoms with Crippen LogP contribution in [0.2, 0.25) is 0 Å². The molecule has 1 unspecified atom stereocenters. The van der Waals surface area contributed by atoms with Crippen molar-refractivity contribution in [2.75, 3.05) is 6.61 Å². The Balaban J connectivity index is 2.02. The maximum absolute atomic E-state index is 6.21. The lowest BCUT2D eigenvalue weighted by atomic mass is 10.0. The van der Waals surface area contributed by atoms with Gasteiger partial charge in [0.1, 0.15) is 5.75 Å². The van der Waals surface area contributed by atoms with Crippen LogP contribution >= 0.6 is 0 Å². The molecule has 0 saturated carbocycles. The Labute approximate surface area is 114 Å². The zero-order chi connectivity index (χ0) is 13.7. The number of benzene rings is 1. The van der Waals surface area contributed by atoms with Crippen molar-refractivity contribution in [1.82, 2.24) is 4.98 Å². The maximum Gasteiger partial charge on any atom is 0.119 e. The van der Waals surface area contributed by atoms with Crippen LogP contribution in [-0.4, -0.2) is 11.6 Å². The molecule has 0 aliphatic carbocycles. The van der Waals surface area contributed by atoms with Crippen molar-refractivity contribution in [1.29, 1.82) is 0 Å². The van der Waals surface area contributed by atoms with E-state index in [0.29, 0.717) is 6.61 Å². The Kier molecular flexibility index (Phi) is 4.53. The van der Waals surface area contributed by atoms with E-state index in [0.717, 1.165) is 23.4 Å². The third-order valence-corrected chi connectivity index (χ3v) is 3.02. The molecule has 0 bridgehead atoms. The number of nitrogens with two attached hydrogens (primary N) is 1. The smallest absolute Gasteiger partial charge is 0.119 e. The Morgan fingerprint density at radius 3 is 2.47 bits per heavy atom. The van der Waals surface area contributed by atoms with Gasteiger partial charge in [0.15, 0.2) is 0 Å². The van der Waals surface area contributed by atoms with Gasteiger partial charge in [-0.3, -0.25) is 4.98 Å². The Bertz CT molecular complexity index is 505. The fourth-order valence-corrected chi connectivity index (χ4v) is 1.94. The van der Waals surface area contributed by atoms with Gasteiger partial charge in [0.25, 0.3) is 0 Å². The van der Waals surface area contributed by atoms with Crippen LogP contribution < -0.4 is 10.5 Å². The third-order valence-electron chi connectivity index (χ3n) is 3.02. The average Bonchev–Trinajstić information content (AvgIpc) is 2.42. The van der Waals surface area contributed by atoms with Gasteiger partial charge >= 0.3 is 0 Å². The molecule has 0 fully saturated rings. The fraction of sp³-hybridized carbons (Fsp3) is 0.312. The number of nitrogens with zero attached hydrogens (tertiary/aromatic N) is 1. The van der Waals surface area contributed by atoms with Crippen LogP contribution in [0.15, 0.2) is 42.6 Å². The van der Waals surface area contributed by atoms with E-state index in [1.165, 1.54) is 5.56 Å². The van der Waals surface area contributed by atoms with Crippen molar-refractivity contribution in [2.24, 2.45) is 5.73 Å². The number of aromatic nitrogens is 1. The molecule has 2 aromatic rings. The number of hydrogen-bond donors (Lipinski definition) is 1. The van der Waals surface area contributed by atoms with Crippen molar-refractivity contribution in [3.63, 3.8) is 0 Å². The molecule has 0 saturated heterocycles. The van der Waals surface area contributed by atoms with E-state index in [2.05, 4.69) is 11.1 Å². The lowest BCUT2D eigenvalue weighted by Crippen LogP contribution is -2.14. The SMILES string of the molecule is CCOc1ccc(C(N)Cc2ccc(C)cn2)cc1.